The molecular weight excluding hydrogens is 340 g/mol. The molecule has 6 heteroatoms. The zero-order valence-corrected chi connectivity index (χ0v) is 14.8. The molecule has 0 fully saturated rings. The molecule has 0 aromatic heterocycles. The summed E-state index contributed by atoms with van der Waals surface area (Å²) in [6, 6.07) is 4.65. The fourth-order valence-corrected chi connectivity index (χ4v) is 3.57. The topological polar surface area (TPSA) is 72.2 Å². The summed E-state index contributed by atoms with van der Waals surface area (Å²) in [5.74, 6) is 1.15. The third-order valence-electron chi connectivity index (χ3n) is 3.50. The van der Waals surface area contributed by atoms with Gasteiger partial charge in [-0.25, -0.2) is 13.1 Å². The Hall–Kier alpha value is -0.590. The number of hydrogen-bond donors (Lipinski definition) is 2. The van der Waals surface area contributed by atoms with Crippen molar-refractivity contribution in [1.29, 1.82) is 0 Å². The predicted octanol–water partition coefficient (Wildman–Crippen LogP) is 3.24. The SMILES string of the molecule is CC(C)C(CNS(=O)(=O)c1ccc(Br)c(N)c1)C(C)C. The Labute approximate surface area is 130 Å². The quantitative estimate of drug-likeness (QED) is 0.762. The van der Waals surface area contributed by atoms with Gasteiger partial charge in [-0.15, -0.1) is 0 Å². The maximum absolute atomic E-state index is 12.3. The van der Waals surface area contributed by atoms with E-state index in [1.165, 1.54) is 6.07 Å². The highest BCUT2D eigenvalue weighted by atomic mass is 79.9. The highest BCUT2D eigenvalue weighted by Gasteiger charge is 2.21. The molecule has 0 unspecified atom stereocenters. The fraction of sp³-hybridized carbons (Fsp3) is 0.571. The summed E-state index contributed by atoms with van der Waals surface area (Å²) in [5.41, 5.74) is 6.14. The molecule has 0 atom stereocenters. The van der Waals surface area contributed by atoms with E-state index in [0.29, 0.717) is 34.5 Å². The van der Waals surface area contributed by atoms with Gasteiger partial charge in [-0.05, 0) is 51.9 Å². The Balaban J connectivity index is 2.87. The normalized spacial score (nSPS) is 12.6. The molecule has 1 rings (SSSR count). The molecule has 0 spiro atoms. The lowest BCUT2D eigenvalue weighted by atomic mass is 9.86. The number of rotatable bonds is 6. The van der Waals surface area contributed by atoms with Crippen molar-refractivity contribution in [3.05, 3.63) is 22.7 Å². The van der Waals surface area contributed by atoms with E-state index in [2.05, 4.69) is 48.3 Å². The first kappa shape index (κ1) is 17.5. The second kappa shape index (κ2) is 6.91. The monoisotopic (exact) mass is 362 g/mol. The molecule has 0 saturated carbocycles. The molecule has 20 heavy (non-hydrogen) atoms. The van der Waals surface area contributed by atoms with Gasteiger partial charge in [0.15, 0.2) is 0 Å². The van der Waals surface area contributed by atoms with Gasteiger partial charge in [0.1, 0.15) is 0 Å². The second-order valence-electron chi connectivity index (χ2n) is 5.69. The first-order chi connectivity index (χ1) is 9.15. The van der Waals surface area contributed by atoms with Crippen LogP contribution in [0.5, 0.6) is 0 Å². The second-order valence-corrected chi connectivity index (χ2v) is 8.31. The number of benzene rings is 1. The van der Waals surface area contributed by atoms with Gasteiger partial charge in [-0.2, -0.15) is 0 Å². The average Bonchev–Trinajstić information content (AvgIpc) is 2.31. The maximum Gasteiger partial charge on any atom is 0.240 e. The van der Waals surface area contributed by atoms with E-state index in [4.69, 9.17) is 5.73 Å². The number of nitrogens with two attached hydrogens (primary N) is 1. The molecule has 0 saturated heterocycles. The third kappa shape index (κ3) is 4.46. The summed E-state index contributed by atoms with van der Waals surface area (Å²) in [5, 5.41) is 0. The van der Waals surface area contributed by atoms with Crippen LogP contribution >= 0.6 is 15.9 Å². The minimum atomic E-state index is -3.51. The van der Waals surface area contributed by atoms with E-state index in [-0.39, 0.29) is 4.90 Å². The minimum Gasteiger partial charge on any atom is -0.398 e. The minimum absolute atomic E-state index is 0.199. The smallest absolute Gasteiger partial charge is 0.240 e. The van der Waals surface area contributed by atoms with Crippen LogP contribution < -0.4 is 10.5 Å². The van der Waals surface area contributed by atoms with Crippen LogP contribution in [0.3, 0.4) is 0 Å². The Kier molecular flexibility index (Phi) is 6.04. The third-order valence-corrected chi connectivity index (χ3v) is 5.64. The van der Waals surface area contributed by atoms with Crippen LogP contribution in [0.1, 0.15) is 27.7 Å². The lowest BCUT2D eigenvalue weighted by molar-refractivity contribution is 0.289. The van der Waals surface area contributed by atoms with E-state index in [1.54, 1.807) is 12.1 Å². The molecule has 4 nitrogen and oxygen atoms in total. The van der Waals surface area contributed by atoms with Crippen LogP contribution in [-0.2, 0) is 10.0 Å². The van der Waals surface area contributed by atoms with Gasteiger partial charge < -0.3 is 5.73 Å². The van der Waals surface area contributed by atoms with E-state index in [0.717, 1.165) is 0 Å². The molecule has 3 N–H and O–H groups in total. The van der Waals surface area contributed by atoms with Gasteiger partial charge >= 0.3 is 0 Å². The summed E-state index contributed by atoms with van der Waals surface area (Å²) >= 11 is 3.26. The van der Waals surface area contributed by atoms with E-state index >= 15 is 0 Å². The molecule has 0 aliphatic heterocycles. The molecule has 1 aromatic carbocycles. The summed E-state index contributed by atoms with van der Waals surface area (Å²) in [6.07, 6.45) is 0. The molecule has 0 aliphatic carbocycles. The first-order valence-corrected chi connectivity index (χ1v) is 8.97. The summed E-state index contributed by atoms with van der Waals surface area (Å²) in [6.45, 7) is 8.87. The number of nitrogen functional groups attached to an aromatic ring is 1. The summed E-state index contributed by atoms with van der Waals surface area (Å²) < 4.78 is 27.9. The van der Waals surface area contributed by atoms with Crippen molar-refractivity contribution in [3.63, 3.8) is 0 Å². The van der Waals surface area contributed by atoms with Crippen molar-refractivity contribution < 1.29 is 8.42 Å². The first-order valence-electron chi connectivity index (χ1n) is 6.70. The van der Waals surface area contributed by atoms with Crippen molar-refractivity contribution in [1.82, 2.24) is 4.72 Å². The van der Waals surface area contributed by atoms with Crippen LogP contribution in [-0.4, -0.2) is 15.0 Å². The van der Waals surface area contributed by atoms with Crippen molar-refractivity contribution >= 4 is 31.6 Å². The number of nitrogens with one attached hydrogen (secondary N) is 1. The Bertz CT molecular complexity index is 548. The highest BCUT2D eigenvalue weighted by molar-refractivity contribution is 9.10. The van der Waals surface area contributed by atoms with Gasteiger partial charge in [0, 0.05) is 16.7 Å². The Morgan fingerprint density at radius 2 is 1.75 bits per heavy atom. The lowest BCUT2D eigenvalue weighted by Gasteiger charge is -2.25. The molecular formula is C14H23BrN2O2S. The van der Waals surface area contributed by atoms with Gasteiger partial charge in [0.2, 0.25) is 10.0 Å². The molecule has 1 aromatic rings. The zero-order valence-electron chi connectivity index (χ0n) is 12.4. The number of anilines is 1. The van der Waals surface area contributed by atoms with Crippen molar-refractivity contribution in [2.75, 3.05) is 12.3 Å². The van der Waals surface area contributed by atoms with E-state index in [9.17, 15) is 8.42 Å². The van der Waals surface area contributed by atoms with Crippen LogP contribution in [0.2, 0.25) is 0 Å². The van der Waals surface area contributed by atoms with Crippen LogP contribution in [0.25, 0.3) is 0 Å². The predicted molar refractivity (Wildman–Crippen MR) is 86.9 cm³/mol. The number of sulfonamides is 1. The van der Waals surface area contributed by atoms with Crippen LogP contribution in [0.4, 0.5) is 5.69 Å². The van der Waals surface area contributed by atoms with E-state index < -0.39 is 10.0 Å². The van der Waals surface area contributed by atoms with E-state index in [1.807, 2.05) is 0 Å². The Morgan fingerprint density at radius 3 is 2.20 bits per heavy atom. The van der Waals surface area contributed by atoms with Gasteiger partial charge in [-0.3, -0.25) is 0 Å². The maximum atomic E-state index is 12.3. The van der Waals surface area contributed by atoms with Crippen LogP contribution in [0, 0.1) is 17.8 Å². The largest absolute Gasteiger partial charge is 0.398 e. The molecule has 114 valence electrons. The van der Waals surface area contributed by atoms with Crippen molar-refractivity contribution in [2.45, 2.75) is 32.6 Å². The fourth-order valence-electron chi connectivity index (χ4n) is 2.22. The van der Waals surface area contributed by atoms with Gasteiger partial charge in [0.05, 0.1) is 4.90 Å². The lowest BCUT2D eigenvalue weighted by Crippen LogP contribution is -2.34. The van der Waals surface area contributed by atoms with Gasteiger partial charge in [-0.1, -0.05) is 27.7 Å². The highest BCUT2D eigenvalue weighted by Crippen LogP contribution is 2.24. The zero-order chi connectivity index (χ0) is 15.5. The van der Waals surface area contributed by atoms with Crippen molar-refractivity contribution in [2.24, 2.45) is 17.8 Å². The molecule has 0 heterocycles. The molecule has 0 radical (unpaired) electrons. The summed E-state index contributed by atoms with van der Waals surface area (Å²) in [4.78, 5) is 0.199. The van der Waals surface area contributed by atoms with Crippen LogP contribution in [0.15, 0.2) is 27.6 Å². The average molecular weight is 363 g/mol. The number of hydrogen-bond acceptors (Lipinski definition) is 3. The standard InChI is InChI=1S/C14H23BrN2O2S/c1-9(2)12(10(3)4)8-17-20(18,19)11-5-6-13(15)14(16)7-11/h5-7,9-10,12,17H,8,16H2,1-4H3. The summed E-state index contributed by atoms with van der Waals surface area (Å²) in [7, 11) is -3.51. The Morgan fingerprint density at radius 1 is 1.20 bits per heavy atom. The van der Waals surface area contributed by atoms with Crippen molar-refractivity contribution in [3.8, 4) is 0 Å². The molecule has 0 amide bonds. The molecule has 0 aliphatic rings. The van der Waals surface area contributed by atoms with Gasteiger partial charge in [0.25, 0.3) is 0 Å². The number of halogens is 1. The molecule has 0 bridgehead atoms.